The number of imidazole rings is 1. The summed E-state index contributed by atoms with van der Waals surface area (Å²) < 4.78 is 1.54. The summed E-state index contributed by atoms with van der Waals surface area (Å²) in [6.45, 7) is 1.73. The van der Waals surface area contributed by atoms with Crippen molar-refractivity contribution in [1.82, 2.24) is 9.55 Å². The maximum Gasteiger partial charge on any atom is 0.213 e. The molecular weight excluding hydrogens is 250 g/mol. The van der Waals surface area contributed by atoms with E-state index < -0.39 is 6.04 Å². The first-order valence-corrected chi connectivity index (χ1v) is 5.74. The molecule has 0 aliphatic rings. The Hall–Kier alpha value is -2.12. The first-order chi connectivity index (χ1) is 8.63. The summed E-state index contributed by atoms with van der Waals surface area (Å²) in [5.41, 5.74) is 0.521. The third-order valence-electron chi connectivity index (χ3n) is 2.67. The summed E-state index contributed by atoms with van der Waals surface area (Å²) in [6, 6.07) is 8.21. The third kappa shape index (κ3) is 2.27. The molecule has 1 aromatic carbocycles. The Bertz CT molecular complexity index is 627. The summed E-state index contributed by atoms with van der Waals surface area (Å²) in [5, 5.41) is 9.40. The number of ketones is 1. The van der Waals surface area contributed by atoms with Gasteiger partial charge >= 0.3 is 0 Å². The van der Waals surface area contributed by atoms with Gasteiger partial charge in [0, 0.05) is 23.0 Å². The van der Waals surface area contributed by atoms with Crippen LogP contribution in [-0.2, 0) is 0 Å². The summed E-state index contributed by atoms with van der Waals surface area (Å²) >= 11 is 5.85. The first kappa shape index (κ1) is 12.3. The molecule has 0 aliphatic heterocycles. The van der Waals surface area contributed by atoms with Crippen molar-refractivity contribution in [2.45, 2.75) is 13.0 Å². The van der Waals surface area contributed by atoms with Gasteiger partial charge in [-0.1, -0.05) is 23.7 Å². The Kier molecular flexibility index (Phi) is 3.45. The third-order valence-corrected chi connectivity index (χ3v) is 2.91. The lowest BCUT2D eigenvalue weighted by Gasteiger charge is -2.13. The van der Waals surface area contributed by atoms with E-state index in [4.69, 9.17) is 16.9 Å². The fourth-order valence-electron chi connectivity index (χ4n) is 1.72. The molecule has 1 aromatic heterocycles. The molecule has 0 fully saturated rings. The number of Topliss-reactive ketones (excluding diaryl/α,β-unsaturated/α-hetero) is 1. The highest BCUT2D eigenvalue weighted by molar-refractivity contribution is 6.31. The lowest BCUT2D eigenvalue weighted by atomic mass is 10.1. The quantitative estimate of drug-likeness (QED) is 0.797. The second kappa shape index (κ2) is 5.03. The fraction of sp³-hybridized carbons (Fsp3) is 0.154. The Balaban J connectivity index is 2.33. The van der Waals surface area contributed by atoms with E-state index in [2.05, 4.69) is 4.98 Å². The summed E-state index contributed by atoms with van der Waals surface area (Å²) in [7, 11) is 0. The van der Waals surface area contributed by atoms with Crippen LogP contribution in [-0.4, -0.2) is 15.3 Å². The molecule has 0 spiro atoms. The Morgan fingerprint density at radius 2 is 2.33 bits per heavy atom. The van der Waals surface area contributed by atoms with E-state index in [1.165, 1.54) is 6.20 Å². The van der Waals surface area contributed by atoms with Crippen LogP contribution in [0.4, 0.5) is 0 Å². The zero-order chi connectivity index (χ0) is 13.1. The second-order valence-electron chi connectivity index (χ2n) is 3.82. The molecule has 18 heavy (non-hydrogen) atoms. The summed E-state index contributed by atoms with van der Waals surface area (Å²) in [4.78, 5) is 16.1. The van der Waals surface area contributed by atoms with Crippen molar-refractivity contribution in [3.05, 3.63) is 53.1 Å². The number of benzene rings is 1. The van der Waals surface area contributed by atoms with E-state index in [0.29, 0.717) is 10.6 Å². The lowest BCUT2D eigenvalue weighted by molar-refractivity contribution is 0.0934. The molecule has 0 amide bonds. The van der Waals surface area contributed by atoms with E-state index in [0.717, 1.165) is 0 Å². The molecule has 5 heteroatoms. The summed E-state index contributed by atoms with van der Waals surface area (Å²) in [5.74, 6) is 0.116. The molecule has 0 aliphatic carbocycles. The van der Waals surface area contributed by atoms with E-state index >= 15 is 0 Å². The van der Waals surface area contributed by atoms with Gasteiger partial charge in [0.25, 0.3) is 0 Å². The van der Waals surface area contributed by atoms with Crippen LogP contribution in [0.5, 0.6) is 0 Å². The van der Waals surface area contributed by atoms with Crippen LogP contribution >= 0.6 is 11.6 Å². The van der Waals surface area contributed by atoms with E-state index in [1.807, 2.05) is 6.07 Å². The number of hydrogen-bond donors (Lipinski definition) is 0. The topological polar surface area (TPSA) is 58.7 Å². The van der Waals surface area contributed by atoms with Crippen LogP contribution < -0.4 is 0 Å². The molecule has 2 aromatic rings. The molecule has 2 rings (SSSR count). The number of hydrogen-bond acceptors (Lipinski definition) is 3. The lowest BCUT2D eigenvalue weighted by Crippen LogP contribution is -2.17. The van der Waals surface area contributed by atoms with Gasteiger partial charge in [0.2, 0.25) is 5.82 Å². The molecule has 0 radical (unpaired) electrons. The monoisotopic (exact) mass is 259 g/mol. The highest BCUT2D eigenvalue weighted by atomic mass is 35.5. The van der Waals surface area contributed by atoms with Crippen molar-refractivity contribution in [2.24, 2.45) is 0 Å². The van der Waals surface area contributed by atoms with Gasteiger partial charge in [0.15, 0.2) is 5.78 Å². The fourth-order valence-corrected chi connectivity index (χ4v) is 1.91. The number of carbonyl (C=O) groups excluding carboxylic acids is 1. The van der Waals surface area contributed by atoms with Gasteiger partial charge < -0.3 is 4.57 Å². The van der Waals surface area contributed by atoms with Crippen molar-refractivity contribution < 1.29 is 4.79 Å². The van der Waals surface area contributed by atoms with E-state index in [9.17, 15) is 4.79 Å². The molecule has 0 saturated heterocycles. The minimum atomic E-state index is -0.486. The van der Waals surface area contributed by atoms with Crippen molar-refractivity contribution >= 4 is 17.4 Å². The van der Waals surface area contributed by atoms with Crippen molar-refractivity contribution in [2.75, 3.05) is 0 Å². The maximum absolute atomic E-state index is 12.2. The zero-order valence-electron chi connectivity index (χ0n) is 9.67. The van der Waals surface area contributed by atoms with Crippen LogP contribution in [0.2, 0.25) is 5.02 Å². The maximum atomic E-state index is 12.2. The van der Waals surface area contributed by atoms with Crippen molar-refractivity contribution in [3.8, 4) is 6.07 Å². The van der Waals surface area contributed by atoms with E-state index in [-0.39, 0.29) is 11.6 Å². The SMILES string of the molecule is CC(C(=O)c1cccc(Cl)c1)n1ccnc1C#N. The summed E-state index contributed by atoms with van der Waals surface area (Å²) in [6.07, 6.45) is 3.12. The minimum Gasteiger partial charge on any atom is -0.312 e. The van der Waals surface area contributed by atoms with Crippen LogP contribution in [0.15, 0.2) is 36.7 Å². The predicted octanol–water partition coefficient (Wildman–Crippen LogP) is 2.85. The highest BCUT2D eigenvalue weighted by Crippen LogP contribution is 2.18. The Labute approximate surface area is 109 Å². The molecular formula is C13H10ClN3O. The number of rotatable bonds is 3. The largest absolute Gasteiger partial charge is 0.312 e. The van der Waals surface area contributed by atoms with Gasteiger partial charge in [-0.3, -0.25) is 4.79 Å². The van der Waals surface area contributed by atoms with Gasteiger partial charge in [-0.25, -0.2) is 4.98 Å². The first-order valence-electron chi connectivity index (χ1n) is 5.36. The van der Waals surface area contributed by atoms with Gasteiger partial charge in [0.1, 0.15) is 6.07 Å². The average molecular weight is 260 g/mol. The van der Waals surface area contributed by atoms with E-state index in [1.54, 1.807) is 42.0 Å². The van der Waals surface area contributed by atoms with Gasteiger partial charge in [-0.2, -0.15) is 5.26 Å². The number of aromatic nitrogens is 2. The van der Waals surface area contributed by atoms with Crippen LogP contribution in [0.1, 0.15) is 29.1 Å². The average Bonchev–Trinajstić information content (AvgIpc) is 2.85. The predicted molar refractivity (Wildman–Crippen MR) is 67.4 cm³/mol. The molecule has 0 saturated carbocycles. The number of nitriles is 1. The van der Waals surface area contributed by atoms with Crippen molar-refractivity contribution in [3.63, 3.8) is 0 Å². The van der Waals surface area contributed by atoms with Crippen LogP contribution in [0.3, 0.4) is 0 Å². The normalized spacial score (nSPS) is 11.8. The molecule has 1 heterocycles. The zero-order valence-corrected chi connectivity index (χ0v) is 10.4. The molecule has 1 atom stereocenters. The second-order valence-corrected chi connectivity index (χ2v) is 4.26. The molecule has 0 bridgehead atoms. The molecule has 1 unspecified atom stereocenters. The standard InChI is InChI=1S/C13H10ClN3O/c1-9(17-6-5-16-12(17)8-15)13(18)10-3-2-4-11(14)7-10/h2-7,9H,1H3. The Morgan fingerprint density at radius 1 is 1.56 bits per heavy atom. The van der Waals surface area contributed by atoms with Crippen LogP contribution in [0.25, 0.3) is 0 Å². The van der Waals surface area contributed by atoms with Gasteiger partial charge in [-0.15, -0.1) is 0 Å². The number of halogens is 1. The molecule has 90 valence electrons. The Morgan fingerprint density at radius 3 is 3.00 bits per heavy atom. The van der Waals surface area contributed by atoms with Gasteiger partial charge in [0.05, 0.1) is 6.04 Å². The molecule has 0 N–H and O–H groups in total. The smallest absolute Gasteiger partial charge is 0.213 e. The molecule has 4 nitrogen and oxygen atoms in total. The minimum absolute atomic E-state index is 0.105. The van der Waals surface area contributed by atoms with Gasteiger partial charge in [-0.05, 0) is 19.1 Å². The van der Waals surface area contributed by atoms with Crippen molar-refractivity contribution in [1.29, 1.82) is 5.26 Å². The number of nitrogens with zero attached hydrogens (tertiary/aromatic N) is 3. The van der Waals surface area contributed by atoms with Crippen LogP contribution in [0, 0.1) is 11.3 Å². The number of carbonyl (C=O) groups is 1. The highest BCUT2D eigenvalue weighted by Gasteiger charge is 2.19.